The molecule has 1 rings (SSSR count). The molecule has 0 unspecified atom stereocenters. The molecule has 1 N–H and O–H groups in total. The van der Waals surface area contributed by atoms with Crippen LogP contribution in [0.4, 0.5) is 0 Å². The minimum Gasteiger partial charge on any atom is -0.488 e. The van der Waals surface area contributed by atoms with Crippen molar-refractivity contribution in [1.82, 2.24) is 0 Å². The van der Waals surface area contributed by atoms with Gasteiger partial charge in [-0.15, -0.1) is 0 Å². The summed E-state index contributed by atoms with van der Waals surface area (Å²) in [6.45, 7) is 3.94. The maximum Gasteiger partial charge on any atom is 0.339 e. The Bertz CT molecular complexity index is 414. The molecule has 0 radical (unpaired) electrons. The molecule has 0 aliphatic carbocycles. The van der Waals surface area contributed by atoms with Crippen molar-refractivity contribution in [3.63, 3.8) is 0 Å². The minimum absolute atomic E-state index is 0.00519. The molecule has 17 heavy (non-hydrogen) atoms. The van der Waals surface area contributed by atoms with Crippen LogP contribution in [-0.4, -0.2) is 17.2 Å². The van der Waals surface area contributed by atoms with Gasteiger partial charge >= 0.3 is 5.97 Å². The predicted molar refractivity (Wildman–Crippen MR) is 68.4 cm³/mol. The molecule has 94 valence electrons. The zero-order chi connectivity index (χ0) is 13.0. The first-order valence-corrected chi connectivity index (χ1v) is 6.14. The Morgan fingerprint density at radius 1 is 1.35 bits per heavy atom. The Kier molecular flexibility index (Phi) is 5.09. The third kappa shape index (κ3) is 3.51. The van der Waals surface area contributed by atoms with Crippen LogP contribution < -0.4 is 4.74 Å². The SMILES string of the molecule is CCC(CC)Oc1c(Cl)cc(Cl)cc1C(=O)O. The molecular formula is C12H14Cl2O3. The van der Waals surface area contributed by atoms with Crippen LogP contribution in [0.2, 0.25) is 10.0 Å². The maximum atomic E-state index is 11.1. The molecule has 0 aliphatic rings. The fourth-order valence-corrected chi connectivity index (χ4v) is 2.00. The number of carboxylic acid groups (broad SMARTS) is 1. The molecule has 0 heterocycles. The van der Waals surface area contributed by atoms with E-state index >= 15 is 0 Å². The van der Waals surface area contributed by atoms with Crippen molar-refractivity contribution in [3.05, 3.63) is 27.7 Å². The van der Waals surface area contributed by atoms with Crippen molar-refractivity contribution in [1.29, 1.82) is 0 Å². The van der Waals surface area contributed by atoms with Crippen LogP contribution in [0.25, 0.3) is 0 Å². The van der Waals surface area contributed by atoms with Gasteiger partial charge in [0.2, 0.25) is 0 Å². The van der Waals surface area contributed by atoms with Crippen LogP contribution in [0.15, 0.2) is 12.1 Å². The van der Waals surface area contributed by atoms with Crippen LogP contribution in [0.5, 0.6) is 5.75 Å². The summed E-state index contributed by atoms with van der Waals surface area (Å²) < 4.78 is 5.62. The predicted octanol–water partition coefficient (Wildman–Crippen LogP) is 4.26. The van der Waals surface area contributed by atoms with Crippen LogP contribution in [0.1, 0.15) is 37.0 Å². The quantitative estimate of drug-likeness (QED) is 0.874. The number of halogens is 2. The molecule has 0 aliphatic heterocycles. The van der Waals surface area contributed by atoms with Gasteiger partial charge in [0.15, 0.2) is 5.75 Å². The fraction of sp³-hybridized carbons (Fsp3) is 0.417. The smallest absolute Gasteiger partial charge is 0.339 e. The number of hydrogen-bond acceptors (Lipinski definition) is 2. The Morgan fingerprint density at radius 2 is 1.94 bits per heavy atom. The summed E-state index contributed by atoms with van der Waals surface area (Å²) in [6, 6.07) is 2.82. The zero-order valence-corrected chi connectivity index (χ0v) is 11.2. The zero-order valence-electron chi connectivity index (χ0n) is 9.67. The van der Waals surface area contributed by atoms with E-state index in [0.717, 1.165) is 12.8 Å². The van der Waals surface area contributed by atoms with Gasteiger partial charge in [-0.05, 0) is 25.0 Å². The standard InChI is InChI=1S/C12H14Cl2O3/c1-3-8(4-2)17-11-9(12(15)16)5-7(13)6-10(11)14/h5-6,8H,3-4H2,1-2H3,(H,15,16). The van der Waals surface area contributed by atoms with E-state index in [4.69, 9.17) is 33.0 Å². The molecule has 0 aromatic heterocycles. The summed E-state index contributed by atoms with van der Waals surface area (Å²) in [6.07, 6.45) is 1.52. The number of benzene rings is 1. The first kappa shape index (κ1) is 14.1. The first-order chi connectivity index (χ1) is 7.99. The number of carbonyl (C=O) groups is 1. The normalized spacial score (nSPS) is 10.6. The lowest BCUT2D eigenvalue weighted by Gasteiger charge is -2.18. The molecule has 1 aromatic rings. The fourth-order valence-electron chi connectivity index (χ4n) is 1.46. The summed E-state index contributed by atoms with van der Waals surface area (Å²) in [5.41, 5.74) is -0.00519. The van der Waals surface area contributed by atoms with Gasteiger partial charge in [0.1, 0.15) is 5.56 Å². The molecule has 0 saturated heterocycles. The van der Waals surface area contributed by atoms with E-state index in [0.29, 0.717) is 0 Å². The van der Waals surface area contributed by atoms with Crippen molar-refractivity contribution in [2.75, 3.05) is 0 Å². The topological polar surface area (TPSA) is 46.5 Å². The van der Waals surface area contributed by atoms with Gasteiger partial charge in [-0.3, -0.25) is 0 Å². The second kappa shape index (κ2) is 6.12. The molecule has 0 spiro atoms. The van der Waals surface area contributed by atoms with Gasteiger partial charge in [-0.1, -0.05) is 37.0 Å². The molecule has 0 fully saturated rings. The van der Waals surface area contributed by atoms with Gasteiger partial charge in [-0.25, -0.2) is 4.79 Å². The van der Waals surface area contributed by atoms with Crippen molar-refractivity contribution in [2.45, 2.75) is 32.8 Å². The van der Waals surface area contributed by atoms with Crippen LogP contribution in [-0.2, 0) is 0 Å². The average molecular weight is 277 g/mol. The lowest BCUT2D eigenvalue weighted by atomic mass is 10.1. The first-order valence-electron chi connectivity index (χ1n) is 5.38. The highest BCUT2D eigenvalue weighted by molar-refractivity contribution is 6.36. The lowest BCUT2D eigenvalue weighted by Crippen LogP contribution is -2.16. The molecule has 0 saturated carbocycles. The van der Waals surface area contributed by atoms with Crippen molar-refractivity contribution in [2.24, 2.45) is 0 Å². The van der Waals surface area contributed by atoms with Crippen molar-refractivity contribution >= 4 is 29.2 Å². The molecule has 0 amide bonds. The van der Waals surface area contributed by atoms with Crippen LogP contribution in [0, 0.1) is 0 Å². The number of ether oxygens (including phenoxy) is 1. The monoisotopic (exact) mass is 276 g/mol. The highest BCUT2D eigenvalue weighted by atomic mass is 35.5. The maximum absolute atomic E-state index is 11.1. The van der Waals surface area contributed by atoms with Crippen LogP contribution >= 0.6 is 23.2 Å². The van der Waals surface area contributed by atoms with Crippen molar-refractivity contribution in [3.8, 4) is 5.75 Å². The van der Waals surface area contributed by atoms with Gasteiger partial charge in [0, 0.05) is 5.02 Å². The van der Waals surface area contributed by atoms with E-state index in [-0.39, 0.29) is 27.5 Å². The lowest BCUT2D eigenvalue weighted by molar-refractivity contribution is 0.0688. The summed E-state index contributed by atoms with van der Waals surface area (Å²) >= 11 is 11.7. The second-order valence-electron chi connectivity index (χ2n) is 3.63. The van der Waals surface area contributed by atoms with Gasteiger partial charge in [0.05, 0.1) is 11.1 Å². The second-order valence-corrected chi connectivity index (χ2v) is 4.47. The van der Waals surface area contributed by atoms with Gasteiger partial charge < -0.3 is 9.84 Å². The Balaban J connectivity index is 3.16. The number of rotatable bonds is 5. The van der Waals surface area contributed by atoms with Crippen LogP contribution in [0.3, 0.4) is 0 Å². The van der Waals surface area contributed by atoms with E-state index in [2.05, 4.69) is 0 Å². The van der Waals surface area contributed by atoms with E-state index in [1.807, 2.05) is 13.8 Å². The number of aromatic carboxylic acids is 1. The molecule has 1 aromatic carbocycles. The largest absolute Gasteiger partial charge is 0.488 e. The van der Waals surface area contributed by atoms with Gasteiger partial charge in [-0.2, -0.15) is 0 Å². The van der Waals surface area contributed by atoms with Gasteiger partial charge in [0.25, 0.3) is 0 Å². The number of carboxylic acids is 1. The minimum atomic E-state index is -1.10. The Hall–Kier alpha value is -0.930. The van der Waals surface area contributed by atoms with E-state index < -0.39 is 5.97 Å². The summed E-state index contributed by atoms with van der Waals surface area (Å²) in [5.74, 6) is -0.910. The molecule has 5 heteroatoms. The molecular weight excluding hydrogens is 263 g/mol. The third-order valence-corrected chi connectivity index (χ3v) is 2.93. The average Bonchev–Trinajstić information content (AvgIpc) is 2.27. The summed E-state index contributed by atoms with van der Waals surface area (Å²) in [7, 11) is 0. The number of hydrogen-bond donors (Lipinski definition) is 1. The van der Waals surface area contributed by atoms with E-state index in [1.165, 1.54) is 12.1 Å². The van der Waals surface area contributed by atoms with E-state index in [9.17, 15) is 4.79 Å². The Labute approximate surface area is 110 Å². The highest BCUT2D eigenvalue weighted by Crippen LogP contribution is 2.33. The third-order valence-electron chi connectivity index (χ3n) is 2.43. The summed E-state index contributed by atoms with van der Waals surface area (Å²) in [5, 5.41) is 9.58. The molecule has 0 atom stereocenters. The van der Waals surface area contributed by atoms with Crippen molar-refractivity contribution < 1.29 is 14.6 Å². The summed E-state index contributed by atoms with van der Waals surface area (Å²) in [4.78, 5) is 11.1. The molecule has 3 nitrogen and oxygen atoms in total. The molecule has 0 bridgehead atoms. The Morgan fingerprint density at radius 3 is 2.41 bits per heavy atom. The van der Waals surface area contributed by atoms with E-state index in [1.54, 1.807) is 0 Å². The highest BCUT2D eigenvalue weighted by Gasteiger charge is 2.19.